The van der Waals surface area contributed by atoms with Crippen molar-refractivity contribution in [2.24, 2.45) is 5.92 Å². The van der Waals surface area contributed by atoms with Crippen molar-refractivity contribution in [3.63, 3.8) is 0 Å². The molecule has 0 aliphatic heterocycles. The maximum Gasteiger partial charge on any atom is 0.433 e. The quantitative estimate of drug-likeness (QED) is 0.238. The number of anilines is 1. The number of rotatable bonds is 9. The van der Waals surface area contributed by atoms with Gasteiger partial charge in [0.2, 0.25) is 5.91 Å². The van der Waals surface area contributed by atoms with Gasteiger partial charge in [0.25, 0.3) is 0 Å². The fraction of sp³-hybridized carbons (Fsp3) is 0.267. The first-order valence-corrected chi connectivity index (χ1v) is 12.4. The number of methoxy groups -OCH3 is 1. The van der Waals surface area contributed by atoms with Crippen LogP contribution in [0.1, 0.15) is 44.2 Å². The standard InChI is InChI=1S/C30H29F3N4O2/c1-20(2)14-29(38)37(19-25-8-5-24(18-35-25)23-6-9-26(39-3)10-7-23)28-16-21(12-13-34-28)15-22-4-11-27(36-17-22)30(31,32)33/h4-13,16-18,20H,14-15,19H2,1-3H3/i19D. The summed E-state index contributed by atoms with van der Waals surface area (Å²) < 4.78 is 52.8. The van der Waals surface area contributed by atoms with Crippen molar-refractivity contribution >= 4 is 11.7 Å². The van der Waals surface area contributed by atoms with Gasteiger partial charge in [-0.3, -0.25) is 19.7 Å². The van der Waals surface area contributed by atoms with E-state index in [-0.39, 0.29) is 30.5 Å². The number of carbonyl (C=O) groups is 1. The van der Waals surface area contributed by atoms with E-state index >= 15 is 0 Å². The van der Waals surface area contributed by atoms with E-state index < -0.39 is 18.4 Å². The molecule has 0 saturated carbocycles. The van der Waals surface area contributed by atoms with Crippen LogP contribution < -0.4 is 9.64 Å². The minimum Gasteiger partial charge on any atom is -0.497 e. The maximum atomic E-state index is 13.3. The number of amides is 1. The minimum absolute atomic E-state index is 0.0500. The minimum atomic E-state index is -4.51. The Kier molecular flexibility index (Phi) is 8.15. The van der Waals surface area contributed by atoms with Crippen molar-refractivity contribution in [3.8, 4) is 16.9 Å². The highest BCUT2D eigenvalue weighted by atomic mass is 19.4. The molecule has 9 heteroatoms. The predicted octanol–water partition coefficient (Wildman–Crippen LogP) is 6.74. The number of hydrogen-bond donors (Lipinski definition) is 0. The molecule has 3 heterocycles. The highest BCUT2D eigenvalue weighted by Crippen LogP contribution is 2.28. The summed E-state index contributed by atoms with van der Waals surface area (Å²) >= 11 is 0. The van der Waals surface area contributed by atoms with Gasteiger partial charge in [-0.05, 0) is 65.4 Å². The molecule has 0 N–H and O–H groups in total. The van der Waals surface area contributed by atoms with Crippen LogP contribution in [0.25, 0.3) is 11.1 Å². The van der Waals surface area contributed by atoms with E-state index in [1.807, 2.05) is 44.2 Å². The first-order chi connectivity index (χ1) is 19.0. The summed E-state index contributed by atoms with van der Waals surface area (Å²) in [4.78, 5) is 27.0. The van der Waals surface area contributed by atoms with Crippen LogP contribution in [0.15, 0.2) is 79.3 Å². The number of ether oxygens (including phenoxy) is 1. The summed E-state index contributed by atoms with van der Waals surface area (Å²) in [7, 11) is 1.60. The molecule has 6 nitrogen and oxygen atoms in total. The Hall–Kier alpha value is -4.27. The van der Waals surface area contributed by atoms with E-state index in [4.69, 9.17) is 6.11 Å². The Balaban J connectivity index is 1.60. The summed E-state index contributed by atoms with van der Waals surface area (Å²) in [5.41, 5.74) is 2.48. The van der Waals surface area contributed by atoms with Gasteiger partial charge in [-0.25, -0.2) is 4.98 Å². The van der Waals surface area contributed by atoms with E-state index in [0.29, 0.717) is 16.8 Å². The van der Waals surface area contributed by atoms with E-state index in [2.05, 4.69) is 15.0 Å². The molecule has 1 unspecified atom stereocenters. The third-order valence-electron chi connectivity index (χ3n) is 5.90. The van der Waals surface area contributed by atoms with Crippen molar-refractivity contribution in [1.29, 1.82) is 0 Å². The second kappa shape index (κ2) is 12.1. The first-order valence-electron chi connectivity index (χ1n) is 12.9. The van der Waals surface area contributed by atoms with E-state index in [1.54, 1.807) is 31.5 Å². The van der Waals surface area contributed by atoms with Crippen LogP contribution >= 0.6 is 0 Å². The van der Waals surface area contributed by atoms with Gasteiger partial charge in [0, 0.05) is 30.6 Å². The van der Waals surface area contributed by atoms with Crippen LogP contribution in [0.2, 0.25) is 0 Å². The molecule has 0 spiro atoms. The van der Waals surface area contributed by atoms with Gasteiger partial charge >= 0.3 is 6.18 Å². The van der Waals surface area contributed by atoms with E-state index in [0.717, 1.165) is 22.9 Å². The molecule has 39 heavy (non-hydrogen) atoms. The van der Waals surface area contributed by atoms with Crippen molar-refractivity contribution in [2.45, 2.75) is 39.4 Å². The van der Waals surface area contributed by atoms with Crippen molar-refractivity contribution in [1.82, 2.24) is 15.0 Å². The van der Waals surface area contributed by atoms with Gasteiger partial charge in [-0.15, -0.1) is 0 Å². The molecule has 0 aliphatic carbocycles. The lowest BCUT2D eigenvalue weighted by Crippen LogP contribution is -2.32. The van der Waals surface area contributed by atoms with Crippen molar-refractivity contribution in [2.75, 3.05) is 12.0 Å². The average molecular weight is 536 g/mol. The van der Waals surface area contributed by atoms with Crippen LogP contribution in [0.4, 0.5) is 19.0 Å². The zero-order valence-corrected chi connectivity index (χ0v) is 21.8. The Morgan fingerprint density at radius 1 is 0.949 bits per heavy atom. The number of pyridine rings is 3. The largest absolute Gasteiger partial charge is 0.497 e. The molecule has 0 saturated heterocycles. The van der Waals surface area contributed by atoms with Gasteiger partial charge in [0.15, 0.2) is 0 Å². The highest BCUT2D eigenvalue weighted by Gasteiger charge is 2.32. The molecule has 202 valence electrons. The SMILES string of the molecule is [2H]C(c1ccc(-c2ccc(OC)cc2)cn1)N(C(=O)CC(C)C)c1cc(Cc2ccc(C(F)(F)F)nc2)ccn1. The average Bonchev–Trinajstić information content (AvgIpc) is 2.93. The fourth-order valence-corrected chi connectivity index (χ4v) is 3.92. The smallest absolute Gasteiger partial charge is 0.433 e. The van der Waals surface area contributed by atoms with Gasteiger partial charge in [-0.2, -0.15) is 13.2 Å². The van der Waals surface area contributed by atoms with Crippen molar-refractivity contribution < 1.29 is 24.1 Å². The number of halogens is 3. The predicted molar refractivity (Wildman–Crippen MR) is 143 cm³/mol. The number of hydrogen-bond acceptors (Lipinski definition) is 5. The summed E-state index contributed by atoms with van der Waals surface area (Å²) in [6, 6.07) is 16.8. The number of nitrogens with zero attached hydrogens (tertiary/aromatic N) is 4. The Labute approximate surface area is 226 Å². The Morgan fingerprint density at radius 2 is 1.69 bits per heavy atom. The second-order valence-corrected chi connectivity index (χ2v) is 9.44. The number of aromatic nitrogens is 3. The van der Waals surface area contributed by atoms with Crippen molar-refractivity contribution in [3.05, 3.63) is 102 Å². The Bertz CT molecular complexity index is 1430. The monoisotopic (exact) mass is 535 g/mol. The molecule has 3 aromatic heterocycles. The number of carbonyl (C=O) groups excluding carboxylic acids is 1. The number of alkyl halides is 3. The highest BCUT2D eigenvalue weighted by molar-refractivity contribution is 5.92. The summed E-state index contributed by atoms with van der Waals surface area (Å²) in [5.74, 6) is 0.776. The molecular weight excluding hydrogens is 505 g/mol. The fourth-order valence-electron chi connectivity index (χ4n) is 3.92. The third kappa shape index (κ3) is 7.40. The summed E-state index contributed by atoms with van der Waals surface area (Å²) in [6.45, 7) is 2.67. The van der Waals surface area contributed by atoms with Gasteiger partial charge in [0.05, 0.1) is 20.7 Å². The Morgan fingerprint density at radius 3 is 2.28 bits per heavy atom. The molecule has 1 atom stereocenters. The molecular formula is C30H29F3N4O2. The first kappa shape index (κ1) is 26.3. The molecule has 1 aromatic carbocycles. The van der Waals surface area contributed by atoms with E-state index in [1.165, 1.54) is 23.4 Å². The molecule has 0 bridgehead atoms. The maximum absolute atomic E-state index is 13.3. The molecule has 0 radical (unpaired) electrons. The van der Waals surface area contributed by atoms with Crippen LogP contribution in [0, 0.1) is 5.92 Å². The van der Waals surface area contributed by atoms with E-state index in [9.17, 15) is 18.0 Å². The lowest BCUT2D eigenvalue weighted by molar-refractivity contribution is -0.141. The molecule has 4 aromatic rings. The van der Waals surface area contributed by atoms with Gasteiger partial charge in [-0.1, -0.05) is 38.1 Å². The lowest BCUT2D eigenvalue weighted by Gasteiger charge is -2.23. The number of benzene rings is 1. The molecule has 0 aliphatic rings. The van der Waals surface area contributed by atoms with Crippen LogP contribution in [-0.4, -0.2) is 28.0 Å². The lowest BCUT2D eigenvalue weighted by atomic mass is 10.1. The van der Waals surface area contributed by atoms with Crippen LogP contribution in [0.5, 0.6) is 5.75 Å². The van der Waals surface area contributed by atoms with Crippen LogP contribution in [-0.2, 0) is 23.9 Å². The van der Waals surface area contributed by atoms with Gasteiger partial charge < -0.3 is 4.74 Å². The zero-order chi connectivity index (χ0) is 28.9. The molecule has 1 amide bonds. The second-order valence-electron chi connectivity index (χ2n) is 9.44. The molecule has 0 fully saturated rings. The van der Waals surface area contributed by atoms with Crippen LogP contribution in [0.3, 0.4) is 0 Å². The topological polar surface area (TPSA) is 68.2 Å². The third-order valence-corrected chi connectivity index (χ3v) is 5.90. The van der Waals surface area contributed by atoms with Gasteiger partial charge in [0.1, 0.15) is 17.3 Å². The summed E-state index contributed by atoms with van der Waals surface area (Å²) in [5, 5.41) is 0. The molecule has 4 rings (SSSR count). The zero-order valence-electron chi connectivity index (χ0n) is 22.8. The summed E-state index contributed by atoms with van der Waals surface area (Å²) in [6.07, 6.45) is 0.338. The normalized spacial score (nSPS) is 12.6.